The Morgan fingerprint density at radius 3 is 2.53 bits per heavy atom. The van der Waals surface area contributed by atoms with Crippen molar-refractivity contribution in [2.24, 2.45) is 0 Å². The first-order chi connectivity index (χ1) is 7.94. The lowest BCUT2D eigenvalue weighted by molar-refractivity contribution is -0.118. The molecule has 0 spiro atoms. The maximum Gasteiger partial charge on any atom is 0.243 e. The van der Waals surface area contributed by atoms with Gasteiger partial charge in [0.05, 0.1) is 0 Å². The van der Waals surface area contributed by atoms with E-state index in [1.54, 1.807) is 0 Å². The first-order valence-electron chi connectivity index (χ1n) is 6.63. The number of amides is 1. The molecule has 0 bridgehead atoms. The van der Waals surface area contributed by atoms with Gasteiger partial charge in [-0.15, -0.1) is 0 Å². The summed E-state index contributed by atoms with van der Waals surface area (Å²) in [5.74, 6) is -0.0826. The van der Waals surface area contributed by atoms with Crippen molar-refractivity contribution in [2.45, 2.75) is 58.0 Å². The molecule has 1 saturated heterocycles. The molecule has 0 aromatic rings. The molecule has 1 atom stereocenters. The van der Waals surface area contributed by atoms with Crippen LogP contribution in [0, 0.1) is 0 Å². The number of nitrogens with one attached hydrogen (secondary N) is 1. The van der Waals surface area contributed by atoms with Crippen molar-refractivity contribution in [1.82, 2.24) is 10.2 Å². The number of nitrogens with zero attached hydrogens (tertiary/aromatic N) is 1. The molecule has 3 nitrogen and oxygen atoms in total. The molecule has 17 heavy (non-hydrogen) atoms. The minimum Gasteiger partial charge on any atom is -0.348 e. The fourth-order valence-electron chi connectivity index (χ4n) is 2.66. The highest BCUT2D eigenvalue weighted by Crippen LogP contribution is 2.19. The Morgan fingerprint density at radius 2 is 2.00 bits per heavy atom. The highest BCUT2D eigenvalue weighted by molar-refractivity contribution is 5.87. The summed E-state index contributed by atoms with van der Waals surface area (Å²) in [6.07, 6.45) is 6.30. The first kappa shape index (κ1) is 14.2. The van der Waals surface area contributed by atoms with E-state index < -0.39 is 0 Å². The van der Waals surface area contributed by atoms with Crippen LogP contribution < -0.4 is 5.32 Å². The molecular formula is C14H26N2O. The van der Waals surface area contributed by atoms with Gasteiger partial charge in [-0.1, -0.05) is 13.0 Å². The van der Waals surface area contributed by atoms with Gasteiger partial charge < -0.3 is 10.2 Å². The molecule has 0 radical (unpaired) electrons. The third kappa shape index (κ3) is 4.90. The van der Waals surface area contributed by atoms with Gasteiger partial charge in [0.15, 0.2) is 0 Å². The molecule has 98 valence electrons. The second kappa shape index (κ2) is 6.20. The van der Waals surface area contributed by atoms with Gasteiger partial charge in [-0.2, -0.15) is 0 Å². The Bertz CT molecular complexity index is 267. The zero-order valence-corrected chi connectivity index (χ0v) is 11.5. The summed E-state index contributed by atoms with van der Waals surface area (Å²) in [5.41, 5.74) is -0.165. The molecule has 1 rings (SSSR count). The maximum absolute atomic E-state index is 11.3. The van der Waals surface area contributed by atoms with Crippen molar-refractivity contribution >= 4 is 5.91 Å². The van der Waals surface area contributed by atoms with Gasteiger partial charge in [0, 0.05) is 11.6 Å². The highest BCUT2D eigenvalue weighted by atomic mass is 16.1. The molecule has 1 aliphatic rings. The van der Waals surface area contributed by atoms with E-state index in [-0.39, 0.29) is 11.4 Å². The van der Waals surface area contributed by atoms with Crippen LogP contribution in [-0.2, 0) is 4.79 Å². The predicted molar refractivity (Wildman–Crippen MR) is 71.9 cm³/mol. The van der Waals surface area contributed by atoms with Crippen LogP contribution in [0.15, 0.2) is 12.7 Å². The number of likely N-dealkylation sites (tertiary alicyclic amines) is 1. The van der Waals surface area contributed by atoms with E-state index in [1.165, 1.54) is 38.4 Å². The van der Waals surface area contributed by atoms with E-state index in [0.29, 0.717) is 6.04 Å². The van der Waals surface area contributed by atoms with Crippen LogP contribution >= 0.6 is 0 Å². The van der Waals surface area contributed by atoms with Crippen molar-refractivity contribution in [3.05, 3.63) is 12.7 Å². The molecule has 0 aliphatic carbocycles. The van der Waals surface area contributed by atoms with E-state index in [0.717, 1.165) is 6.42 Å². The maximum atomic E-state index is 11.3. The SMILES string of the molecule is C=CC(=O)NC(C)(C)CC(C)N1CCCCC1. The van der Waals surface area contributed by atoms with Crippen LogP contribution in [0.5, 0.6) is 0 Å². The molecule has 1 fully saturated rings. The number of carbonyl (C=O) groups excluding carboxylic acids is 1. The summed E-state index contributed by atoms with van der Waals surface area (Å²) >= 11 is 0. The largest absolute Gasteiger partial charge is 0.348 e. The van der Waals surface area contributed by atoms with E-state index in [2.05, 4.69) is 37.6 Å². The minimum absolute atomic E-state index is 0.0826. The van der Waals surface area contributed by atoms with Crippen LogP contribution in [0.3, 0.4) is 0 Å². The Morgan fingerprint density at radius 1 is 1.41 bits per heavy atom. The topological polar surface area (TPSA) is 32.3 Å². The summed E-state index contributed by atoms with van der Waals surface area (Å²) in [6.45, 7) is 12.3. The molecule has 1 amide bonds. The third-order valence-corrected chi connectivity index (χ3v) is 3.47. The average molecular weight is 238 g/mol. The van der Waals surface area contributed by atoms with E-state index in [1.807, 2.05) is 0 Å². The van der Waals surface area contributed by atoms with Crippen LogP contribution in [0.25, 0.3) is 0 Å². The molecule has 1 N–H and O–H groups in total. The lowest BCUT2D eigenvalue weighted by Gasteiger charge is -2.37. The van der Waals surface area contributed by atoms with Crippen molar-refractivity contribution in [1.29, 1.82) is 0 Å². The number of rotatable bonds is 5. The fraction of sp³-hybridized carbons (Fsp3) is 0.786. The average Bonchev–Trinajstić information content (AvgIpc) is 2.28. The van der Waals surface area contributed by atoms with Crippen LogP contribution in [0.4, 0.5) is 0 Å². The van der Waals surface area contributed by atoms with Gasteiger partial charge in [-0.25, -0.2) is 0 Å². The van der Waals surface area contributed by atoms with Gasteiger partial charge in [0.2, 0.25) is 5.91 Å². The molecule has 1 unspecified atom stereocenters. The molecule has 3 heteroatoms. The lowest BCUT2D eigenvalue weighted by Crippen LogP contribution is -2.48. The second-order valence-electron chi connectivity index (χ2n) is 5.73. The first-order valence-corrected chi connectivity index (χ1v) is 6.63. The summed E-state index contributed by atoms with van der Waals surface area (Å²) < 4.78 is 0. The lowest BCUT2D eigenvalue weighted by atomic mass is 9.94. The highest BCUT2D eigenvalue weighted by Gasteiger charge is 2.26. The Hall–Kier alpha value is -0.830. The summed E-state index contributed by atoms with van der Waals surface area (Å²) in [4.78, 5) is 13.9. The quantitative estimate of drug-likeness (QED) is 0.746. The van der Waals surface area contributed by atoms with Gasteiger partial charge in [-0.3, -0.25) is 4.79 Å². The van der Waals surface area contributed by atoms with E-state index in [4.69, 9.17) is 0 Å². The molecule has 0 saturated carbocycles. The van der Waals surface area contributed by atoms with Crippen molar-refractivity contribution in [3.8, 4) is 0 Å². The Labute approximate surface area is 105 Å². The fourth-order valence-corrected chi connectivity index (χ4v) is 2.66. The number of hydrogen-bond acceptors (Lipinski definition) is 2. The third-order valence-electron chi connectivity index (χ3n) is 3.47. The van der Waals surface area contributed by atoms with Crippen molar-refractivity contribution < 1.29 is 4.79 Å². The molecule has 0 aromatic heterocycles. The van der Waals surface area contributed by atoms with Gasteiger partial charge >= 0.3 is 0 Å². The molecule has 1 aliphatic heterocycles. The standard InChI is InChI=1S/C14H26N2O/c1-5-13(17)15-14(3,4)11-12(2)16-9-7-6-8-10-16/h5,12H,1,6-11H2,2-4H3,(H,15,17). The minimum atomic E-state index is -0.165. The normalized spacial score (nSPS) is 19.7. The van der Waals surface area contributed by atoms with Gasteiger partial charge in [0.25, 0.3) is 0 Å². The zero-order chi connectivity index (χ0) is 12.9. The van der Waals surface area contributed by atoms with Crippen LogP contribution in [0.2, 0.25) is 0 Å². The second-order valence-corrected chi connectivity index (χ2v) is 5.73. The summed E-state index contributed by atoms with van der Waals surface area (Å²) in [5, 5.41) is 2.99. The predicted octanol–water partition coefficient (Wildman–Crippen LogP) is 2.33. The smallest absolute Gasteiger partial charge is 0.243 e. The molecular weight excluding hydrogens is 212 g/mol. The summed E-state index contributed by atoms with van der Waals surface area (Å²) in [7, 11) is 0. The molecule has 0 aromatic carbocycles. The van der Waals surface area contributed by atoms with Crippen molar-refractivity contribution in [2.75, 3.05) is 13.1 Å². The van der Waals surface area contributed by atoms with Crippen molar-refractivity contribution in [3.63, 3.8) is 0 Å². The zero-order valence-electron chi connectivity index (χ0n) is 11.5. The van der Waals surface area contributed by atoms with E-state index in [9.17, 15) is 4.79 Å². The monoisotopic (exact) mass is 238 g/mol. The van der Waals surface area contributed by atoms with Gasteiger partial charge in [0.1, 0.15) is 0 Å². The molecule has 1 heterocycles. The van der Waals surface area contributed by atoms with Gasteiger partial charge in [-0.05, 0) is 59.2 Å². The Balaban J connectivity index is 2.44. The summed E-state index contributed by atoms with van der Waals surface area (Å²) in [6, 6.07) is 0.524. The number of carbonyl (C=O) groups is 1. The number of hydrogen-bond donors (Lipinski definition) is 1. The van der Waals surface area contributed by atoms with Crippen LogP contribution in [0.1, 0.15) is 46.5 Å². The number of piperidine rings is 1. The van der Waals surface area contributed by atoms with Crippen LogP contribution in [-0.4, -0.2) is 35.5 Å². The van der Waals surface area contributed by atoms with E-state index >= 15 is 0 Å². The Kier molecular flexibility index (Phi) is 5.19.